The highest BCUT2D eigenvalue weighted by atomic mass is 35.5. The van der Waals surface area contributed by atoms with Crippen LogP contribution in [0.1, 0.15) is 11.1 Å². The van der Waals surface area contributed by atoms with E-state index in [1.54, 1.807) is 0 Å². The number of halogens is 2. The van der Waals surface area contributed by atoms with E-state index in [0.717, 1.165) is 0 Å². The number of ether oxygens (including phenoxy) is 1. The van der Waals surface area contributed by atoms with Crippen molar-refractivity contribution in [3.05, 3.63) is 67.8 Å². The molecule has 13 nitrogen and oxygen atoms in total. The standard InChI is InChI=1S/C18H22N8O5.2ClH/c19-17(20)11-1-3-13(15(9-11)25(27)28)23-5-7-31-8-6-24-14-4-2-12(18(21)22)10-16(14)26(29)30;;/h1-4,9-10,23-24H,5-8H2,(H3,19,20)(H3,21,22);2*1H. The van der Waals surface area contributed by atoms with Gasteiger partial charge in [0, 0.05) is 36.3 Å². The lowest BCUT2D eigenvalue weighted by atomic mass is 10.1. The number of rotatable bonds is 12. The number of amidine groups is 2. The third-order valence-corrected chi connectivity index (χ3v) is 4.13. The molecule has 15 heteroatoms. The van der Waals surface area contributed by atoms with E-state index in [1.165, 1.54) is 36.4 Å². The van der Waals surface area contributed by atoms with Crippen LogP contribution in [0.3, 0.4) is 0 Å². The first-order chi connectivity index (χ1) is 14.7. The lowest BCUT2D eigenvalue weighted by molar-refractivity contribution is -0.384. The summed E-state index contributed by atoms with van der Waals surface area (Å²) in [5.74, 6) is -0.525. The molecule has 0 heterocycles. The van der Waals surface area contributed by atoms with Gasteiger partial charge in [0.15, 0.2) is 0 Å². The van der Waals surface area contributed by atoms with Crippen molar-refractivity contribution in [1.29, 1.82) is 10.8 Å². The van der Waals surface area contributed by atoms with Gasteiger partial charge >= 0.3 is 0 Å². The summed E-state index contributed by atoms with van der Waals surface area (Å²) < 4.78 is 5.43. The Bertz CT molecular complexity index is 942. The minimum atomic E-state index is -0.566. The Balaban J connectivity index is 0.00000512. The molecule has 0 amide bonds. The fourth-order valence-corrected chi connectivity index (χ4v) is 2.62. The minimum absolute atomic E-state index is 0. The molecule has 33 heavy (non-hydrogen) atoms. The number of benzene rings is 2. The fraction of sp³-hybridized carbons (Fsp3) is 0.222. The van der Waals surface area contributed by atoms with Gasteiger partial charge in [-0.2, -0.15) is 0 Å². The Kier molecular flexibility index (Phi) is 12.1. The lowest BCUT2D eigenvalue weighted by Crippen LogP contribution is -2.16. The molecule has 0 atom stereocenters. The Morgan fingerprint density at radius 2 is 1.18 bits per heavy atom. The number of hydrogen-bond acceptors (Lipinski definition) is 9. The van der Waals surface area contributed by atoms with Crippen LogP contribution in [0, 0.1) is 31.0 Å². The zero-order valence-electron chi connectivity index (χ0n) is 17.2. The highest BCUT2D eigenvalue weighted by molar-refractivity contribution is 5.97. The second kappa shape index (κ2) is 13.7. The van der Waals surface area contributed by atoms with Crippen LogP contribution in [0.25, 0.3) is 0 Å². The van der Waals surface area contributed by atoms with E-state index in [0.29, 0.717) is 0 Å². The third kappa shape index (κ3) is 8.40. The summed E-state index contributed by atoms with van der Waals surface area (Å²) in [5.41, 5.74) is 11.4. The van der Waals surface area contributed by atoms with Gasteiger partial charge in [-0.1, -0.05) is 0 Å². The lowest BCUT2D eigenvalue weighted by Gasteiger charge is -2.10. The molecule has 0 saturated carbocycles. The molecule has 0 saturated heterocycles. The summed E-state index contributed by atoms with van der Waals surface area (Å²) in [7, 11) is 0. The van der Waals surface area contributed by atoms with Crippen LogP contribution >= 0.6 is 24.8 Å². The SMILES string of the molecule is Cl.Cl.N=C(N)c1ccc(NCCOCCNc2ccc(C(=N)N)cc2[N+](=O)[O-])c([N+](=O)[O-])c1. The van der Waals surface area contributed by atoms with Crippen molar-refractivity contribution in [2.75, 3.05) is 36.9 Å². The number of anilines is 2. The summed E-state index contributed by atoms with van der Waals surface area (Å²) in [6.45, 7) is 1.04. The molecule has 0 spiro atoms. The summed E-state index contributed by atoms with van der Waals surface area (Å²) in [5, 5.41) is 42.9. The maximum atomic E-state index is 11.2. The molecule has 0 aliphatic heterocycles. The van der Waals surface area contributed by atoms with Crippen LogP contribution in [0.2, 0.25) is 0 Å². The topological polar surface area (TPSA) is 219 Å². The van der Waals surface area contributed by atoms with Gasteiger partial charge in [0.05, 0.1) is 23.1 Å². The largest absolute Gasteiger partial charge is 0.384 e. The van der Waals surface area contributed by atoms with Gasteiger partial charge < -0.3 is 26.8 Å². The van der Waals surface area contributed by atoms with Crippen LogP contribution < -0.4 is 22.1 Å². The average Bonchev–Trinajstić information content (AvgIpc) is 2.72. The number of nitrogens with two attached hydrogens (primary N) is 2. The zero-order valence-corrected chi connectivity index (χ0v) is 18.8. The van der Waals surface area contributed by atoms with Gasteiger partial charge in [-0.15, -0.1) is 24.8 Å². The molecule has 2 aromatic rings. The van der Waals surface area contributed by atoms with Gasteiger partial charge in [-0.05, 0) is 24.3 Å². The van der Waals surface area contributed by atoms with Crippen molar-refractivity contribution in [1.82, 2.24) is 0 Å². The predicted octanol–water partition coefficient (Wildman–Crippen LogP) is 2.46. The Morgan fingerprint density at radius 3 is 1.48 bits per heavy atom. The second-order valence-corrected chi connectivity index (χ2v) is 6.27. The third-order valence-electron chi connectivity index (χ3n) is 4.13. The zero-order chi connectivity index (χ0) is 23.0. The van der Waals surface area contributed by atoms with E-state index in [9.17, 15) is 20.2 Å². The average molecular weight is 503 g/mol. The van der Waals surface area contributed by atoms with Gasteiger partial charge in [0.1, 0.15) is 23.0 Å². The van der Waals surface area contributed by atoms with Crippen molar-refractivity contribution in [2.45, 2.75) is 0 Å². The molecule has 0 unspecified atom stereocenters. The predicted molar refractivity (Wildman–Crippen MR) is 131 cm³/mol. The van der Waals surface area contributed by atoms with Gasteiger partial charge in [0.25, 0.3) is 11.4 Å². The summed E-state index contributed by atoms with van der Waals surface area (Å²) in [6, 6.07) is 8.40. The van der Waals surface area contributed by atoms with Crippen LogP contribution in [0.4, 0.5) is 22.7 Å². The molecule has 2 aromatic carbocycles. The maximum Gasteiger partial charge on any atom is 0.293 e. The first kappa shape index (κ1) is 29.3. The van der Waals surface area contributed by atoms with Crippen molar-refractivity contribution in [3.8, 4) is 0 Å². The highest BCUT2D eigenvalue weighted by Crippen LogP contribution is 2.26. The maximum absolute atomic E-state index is 11.2. The first-order valence-corrected chi connectivity index (χ1v) is 9.02. The summed E-state index contributed by atoms with van der Waals surface area (Å²) >= 11 is 0. The molecule has 0 aliphatic carbocycles. The van der Waals surface area contributed by atoms with Crippen LogP contribution in [-0.4, -0.2) is 47.8 Å². The second-order valence-electron chi connectivity index (χ2n) is 6.27. The van der Waals surface area contributed by atoms with Gasteiger partial charge in [0.2, 0.25) is 0 Å². The fourth-order valence-electron chi connectivity index (χ4n) is 2.62. The number of nitrogen functional groups attached to an aromatic ring is 2. The number of hydrogen-bond donors (Lipinski definition) is 6. The smallest absolute Gasteiger partial charge is 0.293 e. The molecule has 180 valence electrons. The molecule has 0 bridgehead atoms. The van der Waals surface area contributed by atoms with E-state index in [-0.39, 0.29) is 96.7 Å². The van der Waals surface area contributed by atoms with E-state index < -0.39 is 9.85 Å². The molecule has 2 rings (SSSR count). The van der Waals surface area contributed by atoms with E-state index >= 15 is 0 Å². The molecule has 0 aliphatic rings. The van der Waals surface area contributed by atoms with Crippen molar-refractivity contribution < 1.29 is 14.6 Å². The first-order valence-electron chi connectivity index (χ1n) is 9.02. The quantitative estimate of drug-likeness (QED) is 0.0822. The van der Waals surface area contributed by atoms with Crippen molar-refractivity contribution in [2.24, 2.45) is 11.5 Å². The normalized spacial score (nSPS) is 9.70. The van der Waals surface area contributed by atoms with Gasteiger partial charge in [-0.3, -0.25) is 31.0 Å². The Hall–Kier alpha value is -3.68. The molecule has 0 aromatic heterocycles. The minimum Gasteiger partial charge on any atom is -0.384 e. The highest BCUT2D eigenvalue weighted by Gasteiger charge is 2.16. The number of nitrogens with one attached hydrogen (secondary N) is 4. The summed E-state index contributed by atoms with van der Waals surface area (Å²) in [6.07, 6.45) is 0. The molecule has 8 N–H and O–H groups in total. The van der Waals surface area contributed by atoms with Gasteiger partial charge in [-0.25, -0.2) is 0 Å². The number of nitrogens with zero attached hydrogens (tertiary/aromatic N) is 2. The van der Waals surface area contributed by atoms with Crippen LogP contribution in [-0.2, 0) is 4.74 Å². The summed E-state index contributed by atoms with van der Waals surface area (Å²) in [4.78, 5) is 21.2. The molecule has 0 radical (unpaired) electrons. The number of nitro benzene ring substituents is 2. The number of nitro groups is 2. The molecular formula is C18H24Cl2N8O5. The Morgan fingerprint density at radius 1 is 0.818 bits per heavy atom. The van der Waals surface area contributed by atoms with E-state index in [2.05, 4.69) is 10.6 Å². The molecule has 0 fully saturated rings. The Labute approximate surface area is 201 Å². The van der Waals surface area contributed by atoms with Crippen molar-refractivity contribution >= 4 is 59.2 Å². The molecular weight excluding hydrogens is 479 g/mol. The van der Waals surface area contributed by atoms with E-state index in [1.807, 2.05) is 0 Å². The monoisotopic (exact) mass is 502 g/mol. The van der Waals surface area contributed by atoms with Crippen LogP contribution in [0.15, 0.2) is 36.4 Å². The van der Waals surface area contributed by atoms with Crippen molar-refractivity contribution in [3.63, 3.8) is 0 Å². The van der Waals surface area contributed by atoms with E-state index in [4.69, 9.17) is 27.0 Å². The van der Waals surface area contributed by atoms with Crippen LogP contribution in [0.5, 0.6) is 0 Å².